The Bertz CT molecular complexity index is 404. The topological polar surface area (TPSA) is 86.6 Å². The van der Waals surface area contributed by atoms with E-state index in [0.717, 1.165) is 0 Å². The molecule has 0 fully saturated rings. The van der Waals surface area contributed by atoms with E-state index < -0.39 is 24.5 Å². The molecule has 0 aliphatic carbocycles. The van der Waals surface area contributed by atoms with Gasteiger partial charge in [-0.1, -0.05) is 23.7 Å². The molecule has 0 bridgehead atoms. The lowest BCUT2D eigenvalue weighted by Gasteiger charge is -2.11. The number of aliphatic hydroxyl groups excluding tert-OH is 1. The molecule has 3 N–H and O–H groups in total. The molecule has 6 heteroatoms. The Labute approximate surface area is 103 Å². The number of rotatable bonds is 5. The molecule has 0 spiro atoms. The lowest BCUT2D eigenvalue weighted by atomic mass is 10.1. The second kappa shape index (κ2) is 6.22. The predicted molar refractivity (Wildman–Crippen MR) is 61.8 cm³/mol. The van der Waals surface area contributed by atoms with Gasteiger partial charge in [0.15, 0.2) is 0 Å². The largest absolute Gasteiger partial charge is 0.480 e. The number of amides is 1. The van der Waals surface area contributed by atoms with E-state index in [2.05, 4.69) is 5.32 Å². The molecule has 1 atom stereocenters. The summed E-state index contributed by atoms with van der Waals surface area (Å²) in [6.45, 7) is -0.637. The van der Waals surface area contributed by atoms with Crippen LogP contribution in [0, 0.1) is 0 Å². The van der Waals surface area contributed by atoms with Gasteiger partial charge in [0, 0.05) is 5.02 Å². The first-order chi connectivity index (χ1) is 8.02. The Balaban J connectivity index is 2.54. The molecular weight excluding hydrogens is 246 g/mol. The second-order valence-corrected chi connectivity index (χ2v) is 3.88. The fourth-order valence-corrected chi connectivity index (χ4v) is 1.34. The molecule has 1 aromatic rings. The van der Waals surface area contributed by atoms with Crippen LogP contribution in [0.2, 0.25) is 5.02 Å². The summed E-state index contributed by atoms with van der Waals surface area (Å²) in [6.07, 6.45) is 0.0426. The van der Waals surface area contributed by atoms with Crippen molar-refractivity contribution in [2.75, 3.05) is 6.61 Å². The van der Waals surface area contributed by atoms with Crippen molar-refractivity contribution in [3.05, 3.63) is 34.9 Å². The molecule has 0 saturated heterocycles. The highest BCUT2D eigenvalue weighted by Crippen LogP contribution is 2.09. The van der Waals surface area contributed by atoms with Gasteiger partial charge in [-0.15, -0.1) is 0 Å². The molecule has 0 aliphatic heterocycles. The van der Waals surface area contributed by atoms with E-state index in [9.17, 15) is 9.59 Å². The summed E-state index contributed by atoms with van der Waals surface area (Å²) in [5, 5.41) is 20.1. The lowest BCUT2D eigenvalue weighted by molar-refractivity contribution is -0.142. The number of nitrogens with one attached hydrogen (secondary N) is 1. The fraction of sp³-hybridized carbons (Fsp3) is 0.273. The first kappa shape index (κ1) is 13.5. The van der Waals surface area contributed by atoms with Gasteiger partial charge in [0.2, 0.25) is 5.91 Å². The third-order valence-corrected chi connectivity index (χ3v) is 2.35. The average molecular weight is 258 g/mol. The number of carbonyl (C=O) groups excluding carboxylic acids is 1. The van der Waals surface area contributed by atoms with Gasteiger partial charge in [-0.3, -0.25) is 4.79 Å². The number of halogens is 1. The van der Waals surface area contributed by atoms with Gasteiger partial charge in [-0.05, 0) is 17.7 Å². The van der Waals surface area contributed by atoms with Crippen LogP contribution in [-0.2, 0) is 16.0 Å². The molecule has 0 saturated carbocycles. The van der Waals surface area contributed by atoms with Crippen LogP contribution in [0.5, 0.6) is 0 Å². The quantitative estimate of drug-likeness (QED) is 0.715. The molecule has 0 aliphatic rings. The zero-order valence-corrected chi connectivity index (χ0v) is 9.65. The summed E-state index contributed by atoms with van der Waals surface area (Å²) in [4.78, 5) is 22.0. The zero-order chi connectivity index (χ0) is 12.8. The van der Waals surface area contributed by atoms with Gasteiger partial charge < -0.3 is 15.5 Å². The molecule has 92 valence electrons. The minimum atomic E-state index is -1.27. The predicted octanol–water partition coefficient (Wildman–Crippen LogP) is 0.444. The van der Waals surface area contributed by atoms with Gasteiger partial charge in [0.25, 0.3) is 0 Å². The van der Waals surface area contributed by atoms with Gasteiger partial charge in [0.05, 0.1) is 13.0 Å². The van der Waals surface area contributed by atoms with Crippen molar-refractivity contribution in [2.45, 2.75) is 12.5 Å². The van der Waals surface area contributed by atoms with Crippen LogP contribution in [0.15, 0.2) is 24.3 Å². The molecule has 0 radical (unpaired) electrons. The van der Waals surface area contributed by atoms with Crippen LogP contribution in [0.25, 0.3) is 0 Å². The average Bonchev–Trinajstić information content (AvgIpc) is 2.28. The summed E-state index contributed by atoms with van der Waals surface area (Å²) in [6, 6.07) is 5.37. The monoisotopic (exact) mass is 257 g/mol. The van der Waals surface area contributed by atoms with Crippen molar-refractivity contribution in [3.8, 4) is 0 Å². The fourth-order valence-electron chi connectivity index (χ4n) is 1.22. The maximum atomic E-state index is 11.5. The third-order valence-electron chi connectivity index (χ3n) is 2.09. The highest BCUT2D eigenvalue weighted by atomic mass is 35.5. The SMILES string of the molecule is O=C(Cc1ccc(Cl)cc1)N[C@@H](CO)C(=O)O. The second-order valence-electron chi connectivity index (χ2n) is 3.44. The number of hydrogen-bond donors (Lipinski definition) is 3. The highest BCUT2D eigenvalue weighted by molar-refractivity contribution is 6.30. The van der Waals surface area contributed by atoms with Crippen LogP contribution in [0.1, 0.15) is 5.56 Å². The summed E-state index contributed by atoms with van der Waals surface area (Å²) >= 11 is 5.69. The number of aliphatic hydroxyl groups is 1. The molecule has 1 rings (SSSR count). The first-order valence-corrected chi connectivity index (χ1v) is 5.28. The number of carbonyl (C=O) groups is 2. The van der Waals surface area contributed by atoms with Crippen molar-refractivity contribution in [1.29, 1.82) is 0 Å². The molecule has 1 amide bonds. The highest BCUT2D eigenvalue weighted by Gasteiger charge is 2.18. The van der Waals surface area contributed by atoms with E-state index in [0.29, 0.717) is 10.6 Å². The Morgan fingerprint density at radius 1 is 1.29 bits per heavy atom. The first-order valence-electron chi connectivity index (χ1n) is 4.90. The molecule has 1 aromatic carbocycles. The zero-order valence-electron chi connectivity index (χ0n) is 8.89. The van der Waals surface area contributed by atoms with Gasteiger partial charge in [-0.2, -0.15) is 0 Å². The van der Waals surface area contributed by atoms with E-state index in [-0.39, 0.29) is 6.42 Å². The lowest BCUT2D eigenvalue weighted by Crippen LogP contribution is -2.43. The van der Waals surface area contributed by atoms with E-state index in [1.807, 2.05) is 0 Å². The minimum absolute atomic E-state index is 0.0426. The Morgan fingerprint density at radius 2 is 1.88 bits per heavy atom. The third kappa shape index (κ3) is 4.42. The molecule has 17 heavy (non-hydrogen) atoms. The van der Waals surface area contributed by atoms with Crippen molar-refractivity contribution in [2.24, 2.45) is 0 Å². The normalized spacial score (nSPS) is 11.9. The Hall–Kier alpha value is -1.59. The molecule has 0 aromatic heterocycles. The number of aliphatic carboxylic acids is 1. The van der Waals surface area contributed by atoms with Crippen molar-refractivity contribution < 1.29 is 19.8 Å². The van der Waals surface area contributed by atoms with Gasteiger partial charge in [0.1, 0.15) is 6.04 Å². The van der Waals surface area contributed by atoms with Gasteiger partial charge in [-0.25, -0.2) is 4.79 Å². The van der Waals surface area contributed by atoms with Crippen LogP contribution < -0.4 is 5.32 Å². The molecular formula is C11H12ClNO4. The van der Waals surface area contributed by atoms with Crippen molar-refractivity contribution in [3.63, 3.8) is 0 Å². The number of carboxylic acid groups (broad SMARTS) is 1. The Morgan fingerprint density at radius 3 is 2.35 bits per heavy atom. The van der Waals surface area contributed by atoms with Crippen LogP contribution in [0.3, 0.4) is 0 Å². The molecule has 0 unspecified atom stereocenters. The Kier molecular flexibility index (Phi) is 4.93. The summed E-state index contributed by atoms with van der Waals surface area (Å²) < 4.78 is 0. The van der Waals surface area contributed by atoms with E-state index in [4.69, 9.17) is 21.8 Å². The molecule has 5 nitrogen and oxygen atoms in total. The van der Waals surface area contributed by atoms with Crippen molar-refractivity contribution >= 4 is 23.5 Å². The standard InChI is InChI=1S/C11H12ClNO4/c12-8-3-1-7(2-4-8)5-10(15)13-9(6-14)11(16)17/h1-4,9,14H,5-6H2,(H,13,15)(H,16,17)/t9-/m0/s1. The van der Waals surface area contributed by atoms with E-state index >= 15 is 0 Å². The van der Waals surface area contributed by atoms with E-state index in [1.54, 1.807) is 24.3 Å². The maximum Gasteiger partial charge on any atom is 0.328 e. The summed E-state index contributed by atoms with van der Waals surface area (Å²) in [5.74, 6) is -1.73. The maximum absolute atomic E-state index is 11.5. The smallest absolute Gasteiger partial charge is 0.328 e. The molecule has 0 heterocycles. The number of benzene rings is 1. The van der Waals surface area contributed by atoms with E-state index in [1.165, 1.54) is 0 Å². The number of carboxylic acids is 1. The number of hydrogen-bond acceptors (Lipinski definition) is 3. The van der Waals surface area contributed by atoms with Gasteiger partial charge >= 0.3 is 5.97 Å². The van der Waals surface area contributed by atoms with Crippen LogP contribution in [-0.4, -0.2) is 34.7 Å². The summed E-state index contributed by atoms with van der Waals surface area (Å²) in [7, 11) is 0. The van der Waals surface area contributed by atoms with Crippen LogP contribution >= 0.6 is 11.6 Å². The minimum Gasteiger partial charge on any atom is -0.480 e. The summed E-state index contributed by atoms with van der Waals surface area (Å²) in [5.41, 5.74) is 0.717. The van der Waals surface area contributed by atoms with Crippen molar-refractivity contribution in [1.82, 2.24) is 5.32 Å². The van der Waals surface area contributed by atoms with Crippen LogP contribution in [0.4, 0.5) is 0 Å².